The molecule has 0 heterocycles. The third kappa shape index (κ3) is 4.60. The van der Waals surface area contributed by atoms with Gasteiger partial charge in [-0.25, -0.2) is 0 Å². The molecule has 2 rings (SSSR count). The van der Waals surface area contributed by atoms with Gasteiger partial charge < -0.3 is 15.0 Å². The zero-order valence-electron chi connectivity index (χ0n) is 12.7. The maximum absolute atomic E-state index is 11.0. The number of benzene rings is 1. The average Bonchev–Trinajstić information content (AvgIpc) is 3.29. The van der Waals surface area contributed by atoms with Gasteiger partial charge in [-0.3, -0.25) is 10.1 Å². The Morgan fingerprint density at radius 3 is 2.86 bits per heavy atom. The fourth-order valence-electron chi connectivity index (χ4n) is 2.18. The van der Waals surface area contributed by atoms with Crippen molar-refractivity contribution >= 4 is 11.4 Å². The van der Waals surface area contributed by atoms with Crippen LogP contribution in [0.3, 0.4) is 0 Å². The van der Waals surface area contributed by atoms with Gasteiger partial charge in [0.2, 0.25) is 0 Å². The monoisotopic (exact) mass is 293 g/mol. The van der Waals surface area contributed by atoms with Crippen LogP contribution in [0.1, 0.15) is 26.2 Å². The summed E-state index contributed by atoms with van der Waals surface area (Å²) in [7, 11) is 2.13. The minimum Gasteiger partial charge on any atom is -0.487 e. The predicted octanol–water partition coefficient (Wildman–Crippen LogP) is 2.89. The minimum atomic E-state index is -0.407. The van der Waals surface area contributed by atoms with Crippen LogP contribution >= 0.6 is 0 Å². The van der Waals surface area contributed by atoms with Crippen molar-refractivity contribution in [1.29, 1.82) is 0 Å². The Labute approximate surface area is 125 Å². The Balaban J connectivity index is 1.93. The summed E-state index contributed by atoms with van der Waals surface area (Å²) in [6.07, 6.45) is 3.41. The first-order chi connectivity index (χ1) is 10.1. The SMILES string of the molecule is CCCOc1cc(NCCN(C)C2CC2)ccc1[N+](=O)[O-]. The molecule has 1 saturated carbocycles. The standard InChI is InChI=1S/C15H23N3O3/c1-3-10-21-15-11-12(4-7-14(15)18(19)20)16-8-9-17(2)13-5-6-13/h4,7,11,13,16H,3,5-6,8-10H2,1-2H3. The van der Waals surface area contributed by atoms with Gasteiger partial charge in [-0.1, -0.05) is 6.92 Å². The number of rotatable bonds is 9. The molecule has 6 nitrogen and oxygen atoms in total. The smallest absolute Gasteiger partial charge is 0.311 e. The summed E-state index contributed by atoms with van der Waals surface area (Å²) < 4.78 is 5.47. The van der Waals surface area contributed by atoms with Crippen LogP contribution < -0.4 is 10.1 Å². The molecule has 1 aliphatic carbocycles. The molecule has 0 bridgehead atoms. The highest BCUT2D eigenvalue weighted by Crippen LogP contribution is 2.30. The van der Waals surface area contributed by atoms with Crippen molar-refractivity contribution in [2.75, 3.05) is 32.1 Å². The number of nitrogens with one attached hydrogen (secondary N) is 1. The van der Waals surface area contributed by atoms with Crippen molar-refractivity contribution < 1.29 is 9.66 Å². The lowest BCUT2D eigenvalue weighted by molar-refractivity contribution is -0.385. The molecule has 0 aromatic heterocycles. The van der Waals surface area contributed by atoms with Gasteiger partial charge in [-0.2, -0.15) is 0 Å². The minimum absolute atomic E-state index is 0.0177. The molecule has 21 heavy (non-hydrogen) atoms. The van der Waals surface area contributed by atoms with E-state index in [2.05, 4.69) is 17.3 Å². The van der Waals surface area contributed by atoms with Gasteiger partial charge in [0.1, 0.15) is 0 Å². The second-order valence-electron chi connectivity index (χ2n) is 5.43. The van der Waals surface area contributed by atoms with E-state index < -0.39 is 4.92 Å². The van der Waals surface area contributed by atoms with E-state index in [1.54, 1.807) is 12.1 Å². The molecule has 0 amide bonds. The zero-order chi connectivity index (χ0) is 15.2. The molecule has 0 spiro atoms. The van der Waals surface area contributed by atoms with E-state index in [1.165, 1.54) is 18.9 Å². The maximum atomic E-state index is 11.0. The lowest BCUT2D eigenvalue weighted by Crippen LogP contribution is -2.27. The average molecular weight is 293 g/mol. The van der Waals surface area contributed by atoms with Crippen molar-refractivity contribution in [3.05, 3.63) is 28.3 Å². The summed E-state index contributed by atoms with van der Waals surface area (Å²) in [5.41, 5.74) is 0.875. The van der Waals surface area contributed by atoms with Gasteiger partial charge in [0.05, 0.1) is 11.5 Å². The Morgan fingerprint density at radius 2 is 2.24 bits per heavy atom. The van der Waals surface area contributed by atoms with Crippen molar-refractivity contribution in [2.45, 2.75) is 32.2 Å². The second kappa shape index (κ2) is 7.26. The first kappa shape index (κ1) is 15.6. The summed E-state index contributed by atoms with van der Waals surface area (Å²) in [5.74, 6) is 0.336. The third-order valence-electron chi connectivity index (χ3n) is 3.58. The number of hydrogen-bond acceptors (Lipinski definition) is 5. The van der Waals surface area contributed by atoms with Crippen LogP contribution in [0.15, 0.2) is 18.2 Å². The highest BCUT2D eigenvalue weighted by Gasteiger charge is 2.25. The normalized spacial score (nSPS) is 14.2. The molecular weight excluding hydrogens is 270 g/mol. The largest absolute Gasteiger partial charge is 0.487 e. The maximum Gasteiger partial charge on any atom is 0.311 e. The van der Waals surface area contributed by atoms with Crippen LogP contribution in [0.5, 0.6) is 5.75 Å². The van der Waals surface area contributed by atoms with Crippen molar-refractivity contribution in [3.63, 3.8) is 0 Å². The highest BCUT2D eigenvalue weighted by molar-refractivity contribution is 5.58. The molecule has 6 heteroatoms. The van der Waals surface area contributed by atoms with Gasteiger partial charge in [-0.05, 0) is 32.4 Å². The molecule has 0 aliphatic heterocycles. The molecule has 1 aromatic carbocycles. The van der Waals surface area contributed by atoms with Crippen LogP contribution in [0, 0.1) is 10.1 Å². The Bertz CT molecular complexity index is 489. The fraction of sp³-hybridized carbons (Fsp3) is 0.600. The van der Waals surface area contributed by atoms with Crippen LogP contribution in [-0.4, -0.2) is 42.6 Å². The number of nitro benzene ring substituents is 1. The van der Waals surface area contributed by atoms with Crippen LogP contribution in [-0.2, 0) is 0 Å². The van der Waals surface area contributed by atoms with E-state index in [-0.39, 0.29) is 5.69 Å². The molecule has 0 radical (unpaired) electrons. The summed E-state index contributed by atoms with van der Waals surface area (Å²) in [4.78, 5) is 12.9. The lowest BCUT2D eigenvalue weighted by Gasteiger charge is -2.16. The Morgan fingerprint density at radius 1 is 1.48 bits per heavy atom. The van der Waals surface area contributed by atoms with E-state index in [0.717, 1.165) is 31.2 Å². The topological polar surface area (TPSA) is 67.6 Å². The number of hydrogen-bond donors (Lipinski definition) is 1. The van der Waals surface area contributed by atoms with Gasteiger partial charge in [-0.15, -0.1) is 0 Å². The molecule has 1 aliphatic rings. The summed E-state index contributed by atoms with van der Waals surface area (Å²) in [6, 6.07) is 5.68. The number of nitrogens with zero attached hydrogens (tertiary/aromatic N) is 2. The molecule has 1 aromatic rings. The van der Waals surface area contributed by atoms with Crippen LogP contribution in [0.2, 0.25) is 0 Å². The van der Waals surface area contributed by atoms with Gasteiger partial charge in [0, 0.05) is 37.0 Å². The first-order valence-corrected chi connectivity index (χ1v) is 7.47. The molecule has 0 saturated heterocycles. The van der Waals surface area contributed by atoms with E-state index >= 15 is 0 Å². The van der Waals surface area contributed by atoms with Gasteiger partial charge in [0.25, 0.3) is 0 Å². The molecule has 1 N–H and O–H groups in total. The Hall–Kier alpha value is -1.82. The highest BCUT2D eigenvalue weighted by atomic mass is 16.6. The summed E-state index contributed by atoms with van der Waals surface area (Å²) in [5, 5.41) is 14.3. The quantitative estimate of drug-likeness (QED) is 0.560. The number of likely N-dealkylation sites (N-methyl/N-ethyl adjacent to an activating group) is 1. The van der Waals surface area contributed by atoms with E-state index in [0.29, 0.717) is 12.4 Å². The second-order valence-corrected chi connectivity index (χ2v) is 5.43. The molecule has 0 unspecified atom stereocenters. The van der Waals surface area contributed by atoms with Crippen LogP contribution in [0.4, 0.5) is 11.4 Å². The van der Waals surface area contributed by atoms with Crippen molar-refractivity contribution in [3.8, 4) is 5.75 Å². The Kier molecular flexibility index (Phi) is 5.38. The first-order valence-electron chi connectivity index (χ1n) is 7.47. The van der Waals surface area contributed by atoms with E-state index in [1.807, 2.05) is 6.92 Å². The fourth-order valence-corrected chi connectivity index (χ4v) is 2.18. The molecule has 1 fully saturated rings. The van der Waals surface area contributed by atoms with Crippen molar-refractivity contribution in [2.24, 2.45) is 0 Å². The summed E-state index contributed by atoms with van der Waals surface area (Å²) >= 11 is 0. The number of ether oxygens (including phenoxy) is 1. The molecular formula is C15H23N3O3. The van der Waals surface area contributed by atoms with Crippen LogP contribution in [0.25, 0.3) is 0 Å². The van der Waals surface area contributed by atoms with Gasteiger partial charge >= 0.3 is 5.69 Å². The summed E-state index contributed by atoms with van der Waals surface area (Å²) in [6.45, 7) is 4.24. The van der Waals surface area contributed by atoms with Crippen molar-refractivity contribution in [1.82, 2.24) is 4.90 Å². The lowest BCUT2D eigenvalue weighted by atomic mass is 10.2. The van der Waals surface area contributed by atoms with E-state index in [9.17, 15) is 10.1 Å². The van der Waals surface area contributed by atoms with Gasteiger partial charge in [0.15, 0.2) is 5.75 Å². The molecule has 0 atom stereocenters. The number of anilines is 1. The van der Waals surface area contributed by atoms with E-state index in [4.69, 9.17) is 4.74 Å². The molecule has 116 valence electrons. The predicted molar refractivity (Wildman–Crippen MR) is 83.0 cm³/mol. The number of nitro groups is 1. The zero-order valence-corrected chi connectivity index (χ0v) is 12.7. The third-order valence-corrected chi connectivity index (χ3v) is 3.58.